The van der Waals surface area contributed by atoms with Crippen molar-refractivity contribution in [1.82, 2.24) is 14.1 Å². The van der Waals surface area contributed by atoms with Gasteiger partial charge in [0, 0.05) is 64.0 Å². The molecule has 36 heavy (non-hydrogen) atoms. The fourth-order valence-corrected chi connectivity index (χ4v) is 4.36. The normalized spacial score (nSPS) is 11.8. The van der Waals surface area contributed by atoms with Gasteiger partial charge in [-0.25, -0.2) is 14.3 Å². The third-order valence-corrected chi connectivity index (χ3v) is 6.04. The fourth-order valence-electron chi connectivity index (χ4n) is 4.36. The highest BCUT2D eigenvalue weighted by Crippen LogP contribution is 2.33. The molecule has 10 heteroatoms. The van der Waals surface area contributed by atoms with Crippen molar-refractivity contribution in [2.24, 2.45) is 5.16 Å². The number of non-ortho nitro benzene ring substituents is 1. The van der Waals surface area contributed by atoms with Gasteiger partial charge < -0.3 is 9.67 Å². The Morgan fingerprint density at radius 1 is 1.11 bits per heavy atom. The average Bonchev–Trinajstić information content (AvgIpc) is 3.51. The lowest BCUT2D eigenvalue weighted by Gasteiger charge is -2.11. The second kappa shape index (κ2) is 8.99. The summed E-state index contributed by atoms with van der Waals surface area (Å²) in [6.07, 6.45) is 3.47. The number of nitrogens with zero attached hydrogens (tertiary/aromatic N) is 5. The molecule has 10 nitrogen and oxygen atoms in total. The number of hydrogen-bond donors (Lipinski definition) is 1. The van der Waals surface area contributed by atoms with Gasteiger partial charge in [-0.1, -0.05) is 11.2 Å². The summed E-state index contributed by atoms with van der Waals surface area (Å²) in [6, 6.07) is 15.3. The van der Waals surface area contributed by atoms with Crippen molar-refractivity contribution in [2.45, 2.75) is 20.4 Å². The van der Waals surface area contributed by atoms with Crippen molar-refractivity contribution < 1.29 is 19.7 Å². The van der Waals surface area contributed by atoms with E-state index in [2.05, 4.69) is 14.7 Å². The van der Waals surface area contributed by atoms with Crippen molar-refractivity contribution in [3.8, 4) is 5.75 Å². The largest absolute Gasteiger partial charge is 0.508 e. The summed E-state index contributed by atoms with van der Waals surface area (Å²) >= 11 is 0. The maximum Gasteiger partial charge on any atom is 0.445 e. The number of carbonyl (C=O) groups is 1. The monoisotopic (exact) mass is 483 g/mol. The van der Waals surface area contributed by atoms with Gasteiger partial charge in [-0.05, 0) is 55.8 Å². The average molecular weight is 483 g/mol. The van der Waals surface area contributed by atoms with Crippen LogP contribution in [0.15, 0.2) is 78.5 Å². The highest BCUT2D eigenvalue weighted by atomic mass is 16.7. The van der Waals surface area contributed by atoms with Gasteiger partial charge in [0.05, 0.1) is 4.92 Å². The summed E-state index contributed by atoms with van der Waals surface area (Å²) in [7, 11) is 0. The first-order valence-electron chi connectivity index (χ1n) is 11.2. The minimum Gasteiger partial charge on any atom is -0.508 e. The van der Waals surface area contributed by atoms with Gasteiger partial charge in [-0.3, -0.25) is 15.0 Å². The number of carbonyl (C=O) groups excluding carboxylic acids is 1. The number of fused-ring (bicyclic) bond motifs is 3. The molecule has 0 atom stereocenters. The van der Waals surface area contributed by atoms with Gasteiger partial charge in [-0.2, -0.15) is 0 Å². The fraction of sp³-hybridized carbons (Fsp3) is 0.115. The molecule has 0 bridgehead atoms. The first-order valence-corrected chi connectivity index (χ1v) is 11.2. The molecule has 0 fully saturated rings. The van der Waals surface area contributed by atoms with E-state index in [-0.39, 0.29) is 11.4 Å². The van der Waals surface area contributed by atoms with E-state index >= 15 is 0 Å². The summed E-state index contributed by atoms with van der Waals surface area (Å²) in [5.74, 6) is 0.0970. The minimum atomic E-state index is -0.735. The third-order valence-electron chi connectivity index (χ3n) is 6.04. The predicted molar refractivity (Wildman–Crippen MR) is 134 cm³/mol. The Morgan fingerprint density at radius 2 is 1.86 bits per heavy atom. The van der Waals surface area contributed by atoms with Crippen LogP contribution in [0.5, 0.6) is 5.75 Å². The van der Waals surface area contributed by atoms with E-state index in [1.54, 1.807) is 24.3 Å². The number of aromatic hydroxyl groups is 1. The van der Waals surface area contributed by atoms with Gasteiger partial charge >= 0.3 is 6.09 Å². The van der Waals surface area contributed by atoms with E-state index in [1.165, 1.54) is 30.9 Å². The summed E-state index contributed by atoms with van der Waals surface area (Å²) in [5.41, 5.74) is 4.16. The number of nitro groups is 1. The van der Waals surface area contributed by atoms with Crippen LogP contribution in [0.3, 0.4) is 0 Å². The first kappa shape index (κ1) is 22.8. The number of imidazole rings is 1. The zero-order valence-corrected chi connectivity index (χ0v) is 19.5. The lowest BCUT2D eigenvalue weighted by molar-refractivity contribution is -0.384. The number of aryl methyl sites for hydroxylation is 2. The van der Waals surface area contributed by atoms with Crippen LogP contribution in [0.25, 0.3) is 21.8 Å². The molecule has 0 aliphatic heterocycles. The molecule has 0 radical (unpaired) electrons. The standard InChI is InChI=1S/C26H21N5O5/c1-3-30-23-8-4-17(13-21(23)22-14-18(31(34)35)5-9-24(22)30)25(20-7-6-19(32)12-16(20)2)28-36-26(33)29-11-10-27-15-29/h4-15,32H,3H2,1-2H3. The Labute approximate surface area is 204 Å². The molecular weight excluding hydrogens is 462 g/mol. The summed E-state index contributed by atoms with van der Waals surface area (Å²) in [5, 5.41) is 27.1. The molecule has 5 rings (SSSR count). The van der Waals surface area contributed by atoms with Crippen molar-refractivity contribution in [2.75, 3.05) is 0 Å². The maximum atomic E-state index is 12.4. The lowest BCUT2D eigenvalue weighted by atomic mass is 9.97. The van der Waals surface area contributed by atoms with Crippen molar-refractivity contribution in [3.63, 3.8) is 0 Å². The number of benzene rings is 3. The number of hydrogen-bond acceptors (Lipinski definition) is 7. The molecule has 0 amide bonds. The van der Waals surface area contributed by atoms with Gasteiger partial charge in [0.15, 0.2) is 0 Å². The number of phenols is 1. The number of nitro benzene ring substituents is 1. The molecule has 180 valence electrons. The molecule has 1 N–H and O–H groups in total. The van der Waals surface area contributed by atoms with Crippen LogP contribution in [-0.2, 0) is 11.4 Å². The van der Waals surface area contributed by atoms with Crippen LogP contribution in [0.2, 0.25) is 0 Å². The second-order valence-corrected chi connectivity index (χ2v) is 8.20. The number of aromatic nitrogens is 3. The molecule has 5 aromatic rings. The second-order valence-electron chi connectivity index (χ2n) is 8.20. The molecular formula is C26H21N5O5. The van der Waals surface area contributed by atoms with E-state index in [0.29, 0.717) is 23.4 Å². The van der Waals surface area contributed by atoms with Crippen LogP contribution in [0, 0.1) is 17.0 Å². The summed E-state index contributed by atoms with van der Waals surface area (Å²) in [6.45, 7) is 4.50. The Morgan fingerprint density at radius 3 is 2.53 bits per heavy atom. The van der Waals surface area contributed by atoms with E-state index in [1.807, 2.05) is 32.0 Å². The Hall–Kier alpha value is -4.99. The molecule has 2 aromatic heterocycles. The first-order chi connectivity index (χ1) is 17.4. The van der Waals surface area contributed by atoms with E-state index < -0.39 is 11.0 Å². The molecule has 0 spiro atoms. The molecule has 0 saturated heterocycles. The third kappa shape index (κ3) is 3.94. The lowest BCUT2D eigenvalue weighted by Crippen LogP contribution is -2.12. The van der Waals surface area contributed by atoms with E-state index in [0.717, 1.165) is 31.9 Å². The topological polar surface area (TPSA) is 125 Å². The quantitative estimate of drug-likeness (QED) is 0.155. The van der Waals surface area contributed by atoms with Gasteiger partial charge in [0.2, 0.25) is 0 Å². The highest BCUT2D eigenvalue weighted by Gasteiger charge is 2.18. The zero-order chi connectivity index (χ0) is 25.4. The van der Waals surface area contributed by atoms with Crippen LogP contribution < -0.4 is 0 Å². The van der Waals surface area contributed by atoms with Crippen molar-refractivity contribution in [3.05, 3.63) is 100 Å². The zero-order valence-electron chi connectivity index (χ0n) is 19.5. The summed E-state index contributed by atoms with van der Waals surface area (Å²) in [4.78, 5) is 32.5. The summed E-state index contributed by atoms with van der Waals surface area (Å²) < 4.78 is 3.24. The molecule has 0 unspecified atom stereocenters. The maximum absolute atomic E-state index is 12.4. The molecule has 3 aromatic carbocycles. The predicted octanol–water partition coefficient (Wildman–Crippen LogP) is 5.37. The Balaban J connectivity index is 1.71. The highest BCUT2D eigenvalue weighted by molar-refractivity contribution is 6.17. The van der Waals surface area contributed by atoms with Gasteiger partial charge in [-0.15, -0.1) is 0 Å². The number of phenolic OH excluding ortho intramolecular Hbond substituents is 1. The SMILES string of the molecule is CCn1c2ccc(C(=NOC(=O)n3ccnc3)c3ccc(O)cc3C)cc2c2cc([N+](=O)[O-])ccc21. The Kier molecular flexibility index (Phi) is 5.69. The number of oxime groups is 1. The smallest absolute Gasteiger partial charge is 0.445 e. The van der Waals surface area contributed by atoms with Gasteiger partial charge in [0.25, 0.3) is 5.69 Å². The van der Waals surface area contributed by atoms with Crippen LogP contribution >= 0.6 is 0 Å². The van der Waals surface area contributed by atoms with Crippen molar-refractivity contribution in [1.29, 1.82) is 0 Å². The van der Waals surface area contributed by atoms with Crippen LogP contribution in [0.4, 0.5) is 10.5 Å². The van der Waals surface area contributed by atoms with Crippen LogP contribution in [-0.4, -0.2) is 36.0 Å². The van der Waals surface area contributed by atoms with Crippen molar-refractivity contribution >= 4 is 39.3 Å². The minimum absolute atomic E-state index is 0.000544. The number of rotatable bonds is 5. The van der Waals surface area contributed by atoms with E-state index in [9.17, 15) is 20.0 Å². The Bertz CT molecular complexity index is 1670. The van der Waals surface area contributed by atoms with Gasteiger partial charge in [0.1, 0.15) is 17.8 Å². The molecule has 0 saturated carbocycles. The molecule has 0 aliphatic rings. The molecule has 2 heterocycles. The molecule has 0 aliphatic carbocycles. The van der Waals surface area contributed by atoms with Crippen LogP contribution in [0.1, 0.15) is 23.6 Å². The van der Waals surface area contributed by atoms with E-state index in [4.69, 9.17) is 4.84 Å².